The zero-order valence-corrected chi connectivity index (χ0v) is 19.5. The molecule has 1 aliphatic heterocycles. The molecule has 2 atom stereocenters. The monoisotopic (exact) mass is 465 g/mol. The van der Waals surface area contributed by atoms with Crippen LogP contribution in [-0.4, -0.2) is 15.5 Å². The van der Waals surface area contributed by atoms with Crippen LogP contribution in [0.5, 0.6) is 0 Å². The van der Waals surface area contributed by atoms with Crippen LogP contribution in [0.3, 0.4) is 0 Å². The summed E-state index contributed by atoms with van der Waals surface area (Å²) in [5.74, 6) is -0.125. The average Bonchev–Trinajstić information content (AvgIpc) is 3.57. The van der Waals surface area contributed by atoms with E-state index in [9.17, 15) is 5.26 Å². The molecule has 0 aliphatic carbocycles. The second-order valence-corrected chi connectivity index (χ2v) is 8.68. The standard InChI is InChI=1S/C31H23N5/c32-21-25-22-35(26-17-9-3-10-18-26)33-30(25)31-28(23-13-5-1-6-14-23)29(24-15-7-2-8-16-24)34-36(31)27-19-11-4-12-20-27/h1-20,22,28,31H/t28-,31+/m0/s1. The minimum Gasteiger partial charge on any atom is -0.255 e. The van der Waals surface area contributed by atoms with Crippen molar-refractivity contribution in [3.8, 4) is 11.8 Å². The van der Waals surface area contributed by atoms with E-state index in [1.807, 2.05) is 108 Å². The van der Waals surface area contributed by atoms with Gasteiger partial charge < -0.3 is 0 Å². The predicted octanol–water partition coefficient (Wildman–Crippen LogP) is 6.49. The van der Waals surface area contributed by atoms with Gasteiger partial charge in [0.25, 0.3) is 0 Å². The molecular weight excluding hydrogens is 442 g/mol. The molecule has 5 nitrogen and oxygen atoms in total. The van der Waals surface area contributed by atoms with Gasteiger partial charge in [-0.05, 0) is 35.4 Å². The van der Waals surface area contributed by atoms with E-state index in [0.717, 1.165) is 28.2 Å². The van der Waals surface area contributed by atoms with E-state index in [1.165, 1.54) is 0 Å². The molecule has 0 fully saturated rings. The summed E-state index contributed by atoms with van der Waals surface area (Å²) in [6, 6.07) is 42.7. The van der Waals surface area contributed by atoms with Crippen molar-refractivity contribution in [2.24, 2.45) is 5.10 Å². The van der Waals surface area contributed by atoms with Crippen LogP contribution in [0.4, 0.5) is 5.69 Å². The number of anilines is 1. The van der Waals surface area contributed by atoms with E-state index >= 15 is 0 Å². The fourth-order valence-corrected chi connectivity index (χ4v) is 4.86. The fraction of sp³-hybridized carbons (Fsp3) is 0.0645. The summed E-state index contributed by atoms with van der Waals surface area (Å²) in [5, 5.41) is 22.4. The van der Waals surface area contributed by atoms with Gasteiger partial charge in [0.15, 0.2) is 0 Å². The highest BCUT2D eigenvalue weighted by molar-refractivity contribution is 6.08. The lowest BCUT2D eigenvalue weighted by Crippen LogP contribution is -2.26. The van der Waals surface area contributed by atoms with Crippen LogP contribution in [0.25, 0.3) is 5.69 Å². The minimum absolute atomic E-state index is 0.125. The Morgan fingerprint density at radius 3 is 1.83 bits per heavy atom. The van der Waals surface area contributed by atoms with Crippen molar-refractivity contribution in [1.29, 1.82) is 5.26 Å². The van der Waals surface area contributed by atoms with Crippen LogP contribution >= 0.6 is 0 Å². The molecule has 2 heterocycles. The molecule has 172 valence electrons. The first-order valence-electron chi connectivity index (χ1n) is 11.9. The van der Waals surface area contributed by atoms with Crippen LogP contribution in [0.1, 0.15) is 34.3 Å². The van der Waals surface area contributed by atoms with Crippen LogP contribution < -0.4 is 5.01 Å². The third-order valence-corrected chi connectivity index (χ3v) is 6.50. The van der Waals surface area contributed by atoms with Gasteiger partial charge in [-0.2, -0.15) is 15.5 Å². The molecule has 1 aliphatic rings. The Balaban J connectivity index is 1.58. The smallest absolute Gasteiger partial charge is 0.110 e. The second-order valence-electron chi connectivity index (χ2n) is 8.68. The summed E-state index contributed by atoms with van der Waals surface area (Å²) in [6.45, 7) is 0. The van der Waals surface area contributed by atoms with E-state index in [4.69, 9.17) is 10.2 Å². The van der Waals surface area contributed by atoms with Gasteiger partial charge in [-0.1, -0.05) is 97.1 Å². The fourth-order valence-electron chi connectivity index (χ4n) is 4.86. The first-order valence-corrected chi connectivity index (χ1v) is 11.9. The summed E-state index contributed by atoms with van der Waals surface area (Å²) >= 11 is 0. The predicted molar refractivity (Wildman–Crippen MR) is 142 cm³/mol. The lowest BCUT2D eigenvalue weighted by atomic mass is 9.83. The highest BCUT2D eigenvalue weighted by Gasteiger charge is 2.43. The van der Waals surface area contributed by atoms with Gasteiger partial charge in [0.1, 0.15) is 17.8 Å². The molecule has 0 amide bonds. The molecular formula is C31H23N5. The van der Waals surface area contributed by atoms with E-state index < -0.39 is 0 Å². The number of hydrogen-bond acceptors (Lipinski definition) is 4. The third kappa shape index (κ3) is 3.85. The Hall–Kier alpha value is -4.95. The molecule has 1 aromatic heterocycles. The summed E-state index contributed by atoms with van der Waals surface area (Å²) in [7, 11) is 0. The Morgan fingerprint density at radius 1 is 0.667 bits per heavy atom. The van der Waals surface area contributed by atoms with Crippen molar-refractivity contribution in [2.45, 2.75) is 12.0 Å². The van der Waals surface area contributed by atoms with Crippen molar-refractivity contribution in [3.63, 3.8) is 0 Å². The number of rotatable bonds is 5. The molecule has 6 rings (SSSR count). The lowest BCUT2D eigenvalue weighted by molar-refractivity contribution is 0.618. The average molecular weight is 466 g/mol. The maximum Gasteiger partial charge on any atom is 0.110 e. The first kappa shape index (κ1) is 21.6. The molecule has 0 radical (unpaired) electrons. The van der Waals surface area contributed by atoms with Crippen molar-refractivity contribution in [2.75, 3.05) is 5.01 Å². The topological polar surface area (TPSA) is 57.2 Å². The summed E-state index contributed by atoms with van der Waals surface area (Å²) in [4.78, 5) is 0. The molecule has 0 bridgehead atoms. The van der Waals surface area contributed by atoms with E-state index in [1.54, 1.807) is 4.68 Å². The second kappa shape index (κ2) is 9.36. The molecule has 0 unspecified atom stereocenters. The number of para-hydroxylation sites is 2. The molecule has 0 saturated carbocycles. The van der Waals surface area contributed by atoms with Crippen LogP contribution in [0.15, 0.2) is 133 Å². The number of nitrogens with zero attached hydrogens (tertiary/aromatic N) is 5. The van der Waals surface area contributed by atoms with Crippen LogP contribution in [0, 0.1) is 11.3 Å². The highest BCUT2D eigenvalue weighted by atomic mass is 15.5. The van der Waals surface area contributed by atoms with Gasteiger partial charge >= 0.3 is 0 Å². The van der Waals surface area contributed by atoms with Crippen molar-refractivity contribution in [1.82, 2.24) is 9.78 Å². The summed E-state index contributed by atoms with van der Waals surface area (Å²) < 4.78 is 1.79. The Labute approximate surface area is 210 Å². The summed E-state index contributed by atoms with van der Waals surface area (Å²) in [6.07, 6.45) is 1.82. The van der Waals surface area contributed by atoms with Gasteiger partial charge in [-0.15, -0.1) is 0 Å². The van der Waals surface area contributed by atoms with Gasteiger partial charge in [0.2, 0.25) is 0 Å². The number of hydrazone groups is 1. The van der Waals surface area contributed by atoms with Gasteiger partial charge in [-0.3, -0.25) is 5.01 Å². The molecule has 36 heavy (non-hydrogen) atoms. The minimum atomic E-state index is -0.301. The number of hydrogen-bond donors (Lipinski definition) is 0. The number of benzene rings is 4. The van der Waals surface area contributed by atoms with Gasteiger partial charge in [0.05, 0.1) is 28.6 Å². The quantitative estimate of drug-likeness (QED) is 0.298. The van der Waals surface area contributed by atoms with Crippen LogP contribution in [-0.2, 0) is 0 Å². The van der Waals surface area contributed by atoms with Crippen molar-refractivity contribution >= 4 is 11.4 Å². The van der Waals surface area contributed by atoms with E-state index in [2.05, 4.69) is 30.3 Å². The normalized spacial score (nSPS) is 17.0. The molecule has 5 aromatic rings. The SMILES string of the molecule is N#Cc1cn(-c2ccccc2)nc1[C@H]1[C@@H](c2ccccc2)C(c2ccccc2)=NN1c1ccccc1. The molecule has 0 N–H and O–H groups in total. The number of aromatic nitrogens is 2. The molecule has 0 spiro atoms. The Morgan fingerprint density at radius 2 is 1.22 bits per heavy atom. The van der Waals surface area contributed by atoms with Gasteiger partial charge in [0, 0.05) is 6.20 Å². The number of nitriles is 1. The maximum absolute atomic E-state index is 10.2. The zero-order chi connectivity index (χ0) is 24.3. The third-order valence-electron chi connectivity index (χ3n) is 6.50. The lowest BCUT2D eigenvalue weighted by Gasteiger charge is -2.27. The van der Waals surface area contributed by atoms with Crippen molar-refractivity contribution < 1.29 is 0 Å². The largest absolute Gasteiger partial charge is 0.255 e. The summed E-state index contributed by atoms with van der Waals surface area (Å²) in [5.41, 5.74) is 6.23. The molecule has 5 heteroatoms. The molecule has 0 saturated heterocycles. The van der Waals surface area contributed by atoms with Crippen LogP contribution in [0.2, 0.25) is 0 Å². The van der Waals surface area contributed by atoms with E-state index in [-0.39, 0.29) is 12.0 Å². The zero-order valence-electron chi connectivity index (χ0n) is 19.5. The Bertz CT molecular complexity index is 1530. The van der Waals surface area contributed by atoms with E-state index in [0.29, 0.717) is 11.3 Å². The van der Waals surface area contributed by atoms with Gasteiger partial charge in [-0.25, -0.2) is 4.68 Å². The molecule has 4 aromatic carbocycles. The highest BCUT2D eigenvalue weighted by Crippen LogP contribution is 2.46. The van der Waals surface area contributed by atoms with Crippen molar-refractivity contribution in [3.05, 3.63) is 150 Å². The first-order chi connectivity index (χ1) is 17.8. The maximum atomic E-state index is 10.2. The Kier molecular flexibility index (Phi) is 5.61.